The minimum absolute atomic E-state index is 0.00565. The van der Waals surface area contributed by atoms with Crippen molar-refractivity contribution in [1.82, 2.24) is 0 Å². The van der Waals surface area contributed by atoms with E-state index in [2.05, 4.69) is 5.32 Å². The number of carboxylic acid groups (broad SMARTS) is 1. The van der Waals surface area contributed by atoms with E-state index in [0.29, 0.717) is 11.3 Å². The Morgan fingerprint density at radius 2 is 1.70 bits per heavy atom. The first-order chi connectivity index (χ1) is 11.0. The number of rotatable bonds is 5. The summed E-state index contributed by atoms with van der Waals surface area (Å²) in [5.74, 6) is -1.89. The first kappa shape index (κ1) is 16.2. The number of carbonyl (C=O) groups excluding carboxylic acids is 2. The van der Waals surface area contributed by atoms with Crippen LogP contribution < -0.4 is 10.1 Å². The maximum atomic E-state index is 11.9. The van der Waals surface area contributed by atoms with Crippen LogP contribution in [0, 0.1) is 0 Å². The third-order valence-electron chi connectivity index (χ3n) is 2.96. The molecule has 2 aromatic rings. The van der Waals surface area contributed by atoms with Crippen LogP contribution >= 0.6 is 0 Å². The summed E-state index contributed by atoms with van der Waals surface area (Å²) in [6.45, 7) is 1.41. The van der Waals surface area contributed by atoms with Gasteiger partial charge in [0.25, 0.3) is 0 Å². The molecule has 0 radical (unpaired) electrons. The Kier molecular flexibility index (Phi) is 5.09. The van der Waals surface area contributed by atoms with E-state index in [4.69, 9.17) is 9.84 Å². The number of carboxylic acids is 1. The van der Waals surface area contributed by atoms with E-state index in [1.165, 1.54) is 19.1 Å². The number of amides is 1. The summed E-state index contributed by atoms with van der Waals surface area (Å²) >= 11 is 0. The van der Waals surface area contributed by atoms with Gasteiger partial charge < -0.3 is 15.2 Å². The highest BCUT2D eigenvalue weighted by Gasteiger charge is 2.14. The number of ether oxygens (including phenoxy) is 1. The van der Waals surface area contributed by atoms with E-state index in [1.807, 2.05) is 0 Å². The van der Waals surface area contributed by atoms with E-state index in [1.54, 1.807) is 36.4 Å². The summed E-state index contributed by atoms with van der Waals surface area (Å²) in [6.07, 6.45) is -0.00565. The van der Waals surface area contributed by atoms with Gasteiger partial charge in [-0.3, -0.25) is 9.59 Å². The molecule has 2 aromatic carbocycles. The second-order valence-corrected chi connectivity index (χ2v) is 4.83. The Labute approximate surface area is 132 Å². The lowest BCUT2D eigenvalue weighted by Gasteiger charge is -2.08. The average molecular weight is 313 g/mol. The molecule has 0 aliphatic carbocycles. The highest BCUT2D eigenvalue weighted by Crippen LogP contribution is 2.19. The maximum Gasteiger partial charge on any atom is 0.339 e. The second-order valence-electron chi connectivity index (χ2n) is 4.83. The van der Waals surface area contributed by atoms with Crippen LogP contribution in [0.25, 0.3) is 0 Å². The number of hydrogen-bond donors (Lipinski definition) is 2. The number of para-hydroxylation sites is 1. The highest BCUT2D eigenvalue weighted by molar-refractivity contribution is 5.92. The van der Waals surface area contributed by atoms with Crippen LogP contribution in [0.2, 0.25) is 0 Å². The summed E-state index contributed by atoms with van der Waals surface area (Å²) in [5.41, 5.74) is 1.25. The first-order valence-electron chi connectivity index (χ1n) is 6.85. The predicted octanol–water partition coefficient (Wildman–Crippen LogP) is 2.49. The van der Waals surface area contributed by atoms with Crippen molar-refractivity contribution in [1.29, 1.82) is 0 Å². The number of nitrogens with one attached hydrogen (secondary N) is 1. The van der Waals surface area contributed by atoms with Gasteiger partial charge in [0.2, 0.25) is 5.91 Å². The lowest BCUT2D eigenvalue weighted by Crippen LogP contribution is -2.13. The summed E-state index contributed by atoms with van der Waals surface area (Å²) < 4.78 is 5.12. The minimum atomic E-state index is -1.16. The number of benzene rings is 2. The van der Waals surface area contributed by atoms with Crippen LogP contribution in [0.3, 0.4) is 0 Å². The van der Waals surface area contributed by atoms with Crippen LogP contribution in [-0.2, 0) is 16.0 Å². The molecular formula is C17H15NO5. The quantitative estimate of drug-likeness (QED) is 0.653. The van der Waals surface area contributed by atoms with Crippen LogP contribution in [0.4, 0.5) is 5.69 Å². The van der Waals surface area contributed by atoms with Gasteiger partial charge in [-0.15, -0.1) is 0 Å². The monoisotopic (exact) mass is 313 g/mol. The van der Waals surface area contributed by atoms with E-state index < -0.39 is 11.9 Å². The number of carbonyl (C=O) groups is 3. The molecular weight excluding hydrogens is 298 g/mol. The molecule has 0 aliphatic rings. The summed E-state index contributed by atoms with van der Waals surface area (Å²) in [6, 6.07) is 12.7. The Hall–Kier alpha value is -3.15. The van der Waals surface area contributed by atoms with Gasteiger partial charge in [0.1, 0.15) is 11.3 Å². The fraction of sp³-hybridized carbons (Fsp3) is 0.118. The zero-order chi connectivity index (χ0) is 16.8. The lowest BCUT2D eigenvalue weighted by atomic mass is 10.1. The van der Waals surface area contributed by atoms with E-state index in [-0.39, 0.29) is 23.6 Å². The molecule has 0 aromatic heterocycles. The van der Waals surface area contributed by atoms with Gasteiger partial charge >= 0.3 is 11.9 Å². The van der Waals surface area contributed by atoms with Crippen molar-refractivity contribution in [2.75, 3.05) is 5.32 Å². The maximum absolute atomic E-state index is 11.9. The Morgan fingerprint density at radius 1 is 1.04 bits per heavy atom. The lowest BCUT2D eigenvalue weighted by molar-refractivity contribution is -0.133. The minimum Gasteiger partial charge on any atom is -0.478 e. The number of aromatic carboxylic acids is 1. The smallest absolute Gasteiger partial charge is 0.339 e. The van der Waals surface area contributed by atoms with Crippen molar-refractivity contribution in [3.05, 3.63) is 59.7 Å². The fourth-order valence-corrected chi connectivity index (χ4v) is 1.97. The van der Waals surface area contributed by atoms with Crippen molar-refractivity contribution < 1.29 is 24.2 Å². The standard InChI is InChI=1S/C17H15NO5/c1-11(19)18-13-8-6-12(7-9-13)10-16(20)23-15-5-3-2-4-14(15)17(21)22/h2-9H,10H2,1H3,(H,18,19)(H,21,22). The average Bonchev–Trinajstić information content (AvgIpc) is 2.49. The van der Waals surface area contributed by atoms with Gasteiger partial charge in [-0.1, -0.05) is 24.3 Å². The van der Waals surface area contributed by atoms with Gasteiger partial charge in [-0.2, -0.15) is 0 Å². The Balaban J connectivity index is 2.02. The van der Waals surface area contributed by atoms with Gasteiger partial charge in [0.05, 0.1) is 6.42 Å². The zero-order valence-corrected chi connectivity index (χ0v) is 12.4. The van der Waals surface area contributed by atoms with Crippen molar-refractivity contribution in [3.8, 4) is 5.75 Å². The second kappa shape index (κ2) is 7.22. The third-order valence-corrected chi connectivity index (χ3v) is 2.96. The molecule has 0 fully saturated rings. The Bertz CT molecular complexity index is 737. The van der Waals surface area contributed by atoms with Gasteiger partial charge in [0, 0.05) is 12.6 Å². The van der Waals surface area contributed by atoms with Gasteiger partial charge in [-0.05, 0) is 29.8 Å². The molecule has 6 nitrogen and oxygen atoms in total. The molecule has 0 bridgehead atoms. The molecule has 0 saturated heterocycles. The van der Waals surface area contributed by atoms with Crippen LogP contribution in [0.15, 0.2) is 48.5 Å². The largest absolute Gasteiger partial charge is 0.478 e. The first-order valence-corrected chi connectivity index (χ1v) is 6.85. The molecule has 23 heavy (non-hydrogen) atoms. The molecule has 0 saturated carbocycles. The topological polar surface area (TPSA) is 92.7 Å². The number of esters is 1. The summed E-state index contributed by atoms with van der Waals surface area (Å²) in [5, 5.41) is 11.7. The molecule has 0 aliphatic heterocycles. The fourth-order valence-electron chi connectivity index (χ4n) is 1.97. The highest BCUT2D eigenvalue weighted by atomic mass is 16.5. The van der Waals surface area contributed by atoms with Crippen molar-refractivity contribution in [2.45, 2.75) is 13.3 Å². The summed E-state index contributed by atoms with van der Waals surface area (Å²) in [4.78, 5) is 33.9. The van der Waals surface area contributed by atoms with E-state index in [9.17, 15) is 14.4 Å². The molecule has 0 atom stereocenters. The molecule has 118 valence electrons. The van der Waals surface area contributed by atoms with Gasteiger partial charge in [-0.25, -0.2) is 4.79 Å². The predicted molar refractivity (Wildman–Crippen MR) is 83.5 cm³/mol. The molecule has 0 heterocycles. The normalized spacial score (nSPS) is 9.96. The van der Waals surface area contributed by atoms with E-state index in [0.717, 1.165) is 0 Å². The molecule has 6 heteroatoms. The molecule has 2 N–H and O–H groups in total. The number of hydrogen-bond acceptors (Lipinski definition) is 4. The van der Waals surface area contributed by atoms with Gasteiger partial charge in [0.15, 0.2) is 0 Å². The Morgan fingerprint density at radius 3 is 2.30 bits per heavy atom. The van der Waals surface area contributed by atoms with E-state index >= 15 is 0 Å². The molecule has 2 rings (SSSR count). The van der Waals surface area contributed by atoms with Crippen LogP contribution in [0.1, 0.15) is 22.8 Å². The zero-order valence-electron chi connectivity index (χ0n) is 12.4. The third kappa shape index (κ3) is 4.67. The van der Waals surface area contributed by atoms with Crippen molar-refractivity contribution in [2.24, 2.45) is 0 Å². The SMILES string of the molecule is CC(=O)Nc1ccc(CC(=O)Oc2ccccc2C(=O)O)cc1. The van der Waals surface area contributed by atoms with Crippen molar-refractivity contribution in [3.63, 3.8) is 0 Å². The molecule has 0 spiro atoms. The molecule has 0 unspecified atom stereocenters. The summed E-state index contributed by atoms with van der Waals surface area (Å²) in [7, 11) is 0. The van der Waals surface area contributed by atoms with Crippen LogP contribution in [0.5, 0.6) is 5.75 Å². The number of anilines is 1. The van der Waals surface area contributed by atoms with Crippen LogP contribution in [-0.4, -0.2) is 23.0 Å². The van der Waals surface area contributed by atoms with Crippen molar-refractivity contribution >= 4 is 23.5 Å². The molecule has 1 amide bonds.